The number of rotatable bonds is 1. The Bertz CT molecular complexity index is 640. The third-order valence-electron chi connectivity index (χ3n) is 4.40. The van der Waals surface area contributed by atoms with Gasteiger partial charge in [0.2, 0.25) is 0 Å². The Hall–Kier alpha value is -1.38. The van der Waals surface area contributed by atoms with Gasteiger partial charge in [-0.1, -0.05) is 12.1 Å². The fraction of sp³-hybridized carbons (Fsp3) is 0.500. The van der Waals surface area contributed by atoms with Crippen molar-refractivity contribution in [3.63, 3.8) is 0 Å². The zero-order valence-electron chi connectivity index (χ0n) is 10.4. The Morgan fingerprint density at radius 3 is 2.47 bits per heavy atom. The predicted molar refractivity (Wildman–Crippen MR) is 70.0 cm³/mol. The SMILES string of the molecule is N#Cc1cccc(C2(O)CC3CCC(C2)S3(=O)=O)c1. The zero-order chi connectivity index (χ0) is 13.7. The molecule has 5 heteroatoms. The lowest BCUT2D eigenvalue weighted by Gasteiger charge is -2.36. The number of benzene rings is 1. The first-order valence-electron chi connectivity index (χ1n) is 6.41. The standard InChI is InChI=1S/C14H15NO3S/c15-9-10-2-1-3-11(6-10)14(16)7-12-4-5-13(8-14)19(12,17)18/h1-3,6,12-13,16H,4-5,7-8H2. The largest absolute Gasteiger partial charge is 0.385 e. The van der Waals surface area contributed by atoms with Crippen molar-refractivity contribution < 1.29 is 13.5 Å². The minimum absolute atomic E-state index is 0.251. The van der Waals surface area contributed by atoms with Crippen LogP contribution in [0.25, 0.3) is 0 Å². The summed E-state index contributed by atoms with van der Waals surface area (Å²) in [6.45, 7) is 0. The first-order chi connectivity index (χ1) is 8.95. The van der Waals surface area contributed by atoms with Gasteiger partial charge in [-0.25, -0.2) is 8.42 Å². The second-order valence-corrected chi connectivity index (χ2v) is 8.05. The minimum Gasteiger partial charge on any atom is -0.385 e. The molecule has 0 radical (unpaired) electrons. The van der Waals surface area contributed by atoms with Gasteiger partial charge in [-0.3, -0.25) is 0 Å². The summed E-state index contributed by atoms with van der Waals surface area (Å²) in [5.74, 6) is 0. The molecule has 1 aromatic rings. The quantitative estimate of drug-likeness (QED) is 0.843. The van der Waals surface area contributed by atoms with Gasteiger partial charge in [-0.2, -0.15) is 5.26 Å². The number of nitriles is 1. The first kappa shape index (κ1) is 12.6. The number of fused-ring (bicyclic) bond motifs is 2. The highest BCUT2D eigenvalue weighted by Crippen LogP contribution is 2.47. The Labute approximate surface area is 112 Å². The molecule has 100 valence electrons. The highest BCUT2D eigenvalue weighted by molar-refractivity contribution is 7.93. The van der Waals surface area contributed by atoms with Crippen molar-refractivity contribution >= 4 is 9.84 Å². The van der Waals surface area contributed by atoms with Crippen LogP contribution < -0.4 is 0 Å². The van der Waals surface area contributed by atoms with E-state index in [1.54, 1.807) is 24.3 Å². The Morgan fingerprint density at radius 1 is 1.26 bits per heavy atom. The molecule has 1 N–H and O–H groups in total. The maximum atomic E-state index is 12.1. The highest BCUT2D eigenvalue weighted by Gasteiger charge is 2.53. The lowest BCUT2D eigenvalue weighted by atomic mass is 9.85. The van der Waals surface area contributed by atoms with Gasteiger partial charge in [0.25, 0.3) is 0 Å². The third-order valence-corrected chi connectivity index (χ3v) is 7.06. The molecule has 2 atom stereocenters. The molecular weight excluding hydrogens is 262 g/mol. The van der Waals surface area contributed by atoms with E-state index in [9.17, 15) is 13.5 Å². The van der Waals surface area contributed by atoms with Crippen LogP contribution in [0.1, 0.15) is 36.8 Å². The van der Waals surface area contributed by atoms with Gasteiger partial charge in [0.15, 0.2) is 9.84 Å². The van der Waals surface area contributed by atoms with E-state index < -0.39 is 25.9 Å². The summed E-state index contributed by atoms with van der Waals surface area (Å²) in [6, 6.07) is 8.90. The summed E-state index contributed by atoms with van der Waals surface area (Å²) in [5, 5.41) is 18.9. The van der Waals surface area contributed by atoms with E-state index in [0.717, 1.165) is 0 Å². The number of hydrogen-bond donors (Lipinski definition) is 1. The molecule has 3 rings (SSSR count). The first-order valence-corrected chi connectivity index (χ1v) is 8.02. The van der Waals surface area contributed by atoms with Crippen LogP contribution in [0, 0.1) is 11.3 Å². The molecular formula is C14H15NO3S. The number of aliphatic hydroxyl groups is 1. The van der Waals surface area contributed by atoms with Gasteiger partial charge in [-0.05, 0) is 43.4 Å². The Kier molecular flexibility index (Phi) is 2.70. The van der Waals surface area contributed by atoms with Gasteiger partial charge in [-0.15, -0.1) is 0 Å². The maximum Gasteiger partial charge on any atom is 0.156 e. The summed E-state index contributed by atoms with van der Waals surface area (Å²) in [4.78, 5) is 0. The molecule has 1 aromatic carbocycles. The fourth-order valence-corrected chi connectivity index (χ4v) is 5.85. The number of hydrogen-bond acceptors (Lipinski definition) is 4. The van der Waals surface area contributed by atoms with Gasteiger partial charge in [0, 0.05) is 0 Å². The van der Waals surface area contributed by atoms with E-state index in [1.165, 1.54) is 0 Å². The molecule has 2 aliphatic heterocycles. The van der Waals surface area contributed by atoms with Crippen LogP contribution in [0.4, 0.5) is 0 Å². The van der Waals surface area contributed by atoms with Crippen molar-refractivity contribution in [3.05, 3.63) is 35.4 Å². The van der Waals surface area contributed by atoms with E-state index >= 15 is 0 Å². The monoisotopic (exact) mass is 277 g/mol. The Balaban J connectivity index is 2.00. The molecule has 0 saturated carbocycles. The zero-order valence-corrected chi connectivity index (χ0v) is 11.2. The van der Waals surface area contributed by atoms with Crippen LogP contribution in [0.3, 0.4) is 0 Å². The smallest absolute Gasteiger partial charge is 0.156 e. The summed E-state index contributed by atoms with van der Waals surface area (Å²) in [5.41, 5.74) is 0.0503. The molecule has 2 fully saturated rings. The number of nitrogens with zero attached hydrogens (tertiary/aromatic N) is 1. The average Bonchev–Trinajstić information content (AvgIpc) is 2.57. The van der Waals surface area contributed by atoms with E-state index in [1.807, 2.05) is 6.07 Å². The summed E-state index contributed by atoms with van der Waals surface area (Å²) >= 11 is 0. The normalized spacial score (nSPS) is 35.8. The molecule has 0 aliphatic carbocycles. The maximum absolute atomic E-state index is 12.1. The number of sulfone groups is 1. The molecule has 0 spiro atoms. The predicted octanol–water partition coefficient (Wildman–Crippen LogP) is 1.49. The van der Waals surface area contributed by atoms with Crippen LogP contribution in [0.15, 0.2) is 24.3 Å². The van der Waals surface area contributed by atoms with Crippen LogP contribution >= 0.6 is 0 Å². The van der Waals surface area contributed by atoms with Gasteiger partial charge < -0.3 is 5.11 Å². The summed E-state index contributed by atoms with van der Waals surface area (Å²) in [7, 11) is -3.05. The van der Waals surface area contributed by atoms with Gasteiger partial charge in [0.1, 0.15) is 0 Å². The van der Waals surface area contributed by atoms with Crippen molar-refractivity contribution in [2.75, 3.05) is 0 Å². The third kappa shape index (κ3) is 1.87. The fourth-order valence-electron chi connectivity index (χ4n) is 3.36. The molecule has 2 aliphatic rings. The van der Waals surface area contributed by atoms with Gasteiger partial charge in [0.05, 0.1) is 27.7 Å². The summed E-state index contributed by atoms with van der Waals surface area (Å²) < 4.78 is 24.1. The molecule has 0 aromatic heterocycles. The van der Waals surface area contributed by atoms with Crippen molar-refractivity contribution in [2.45, 2.75) is 41.8 Å². The van der Waals surface area contributed by atoms with Gasteiger partial charge >= 0.3 is 0 Å². The average molecular weight is 277 g/mol. The minimum atomic E-state index is -3.05. The molecule has 19 heavy (non-hydrogen) atoms. The molecule has 2 heterocycles. The van der Waals surface area contributed by atoms with E-state index in [-0.39, 0.29) is 12.8 Å². The van der Waals surface area contributed by atoms with Crippen LogP contribution in [0.2, 0.25) is 0 Å². The Morgan fingerprint density at radius 2 is 1.89 bits per heavy atom. The van der Waals surface area contributed by atoms with Crippen LogP contribution in [-0.2, 0) is 15.4 Å². The lowest BCUT2D eigenvalue weighted by molar-refractivity contribution is 0.0173. The van der Waals surface area contributed by atoms with Crippen molar-refractivity contribution in [1.29, 1.82) is 5.26 Å². The van der Waals surface area contributed by atoms with E-state index in [2.05, 4.69) is 0 Å². The molecule has 4 nitrogen and oxygen atoms in total. The highest BCUT2D eigenvalue weighted by atomic mass is 32.2. The molecule has 2 unspecified atom stereocenters. The second-order valence-electron chi connectivity index (χ2n) is 5.54. The van der Waals surface area contributed by atoms with Crippen molar-refractivity contribution in [1.82, 2.24) is 0 Å². The molecule has 2 bridgehead atoms. The topological polar surface area (TPSA) is 78.2 Å². The van der Waals surface area contributed by atoms with E-state index in [0.29, 0.717) is 24.0 Å². The van der Waals surface area contributed by atoms with E-state index in [4.69, 9.17) is 5.26 Å². The summed E-state index contributed by atoms with van der Waals surface area (Å²) in [6.07, 6.45) is 1.79. The van der Waals surface area contributed by atoms with Crippen molar-refractivity contribution in [2.24, 2.45) is 0 Å². The van der Waals surface area contributed by atoms with Crippen molar-refractivity contribution in [3.8, 4) is 6.07 Å². The molecule has 2 saturated heterocycles. The lowest BCUT2D eigenvalue weighted by Crippen LogP contribution is -2.43. The van der Waals surface area contributed by atoms with Crippen LogP contribution in [0.5, 0.6) is 0 Å². The van der Waals surface area contributed by atoms with Crippen LogP contribution in [-0.4, -0.2) is 24.0 Å². The molecule has 0 amide bonds. The second kappa shape index (κ2) is 4.06.